The lowest BCUT2D eigenvalue weighted by molar-refractivity contribution is 1.18. The molecule has 0 saturated heterocycles. The SMILES string of the molecule is c1ccc(-c2nc(-c3ccc(-c4c5ccccc5cc5c4ccc4ccccc45)cc3)cc(-c3cccc(-c4cccc5ccccc45)c3)n2)cc1. The number of benzene rings is 9. The van der Waals surface area contributed by atoms with Crippen LogP contribution in [-0.2, 0) is 0 Å². The highest BCUT2D eigenvalue weighted by Crippen LogP contribution is 2.40. The van der Waals surface area contributed by atoms with Gasteiger partial charge in [-0.1, -0.05) is 176 Å². The van der Waals surface area contributed by atoms with Crippen LogP contribution in [0.15, 0.2) is 194 Å². The Morgan fingerprint density at radius 3 is 1.65 bits per heavy atom. The van der Waals surface area contributed by atoms with E-state index in [-0.39, 0.29) is 0 Å². The van der Waals surface area contributed by atoms with Crippen LogP contribution < -0.4 is 0 Å². The minimum absolute atomic E-state index is 0.708. The zero-order chi connectivity index (χ0) is 34.4. The summed E-state index contributed by atoms with van der Waals surface area (Å²) in [6.45, 7) is 0. The molecule has 0 radical (unpaired) electrons. The molecule has 1 aromatic heterocycles. The maximum Gasteiger partial charge on any atom is 0.160 e. The second kappa shape index (κ2) is 12.5. The Labute approximate surface area is 302 Å². The molecular weight excluding hydrogens is 629 g/mol. The largest absolute Gasteiger partial charge is 0.228 e. The average Bonchev–Trinajstić information content (AvgIpc) is 3.23. The number of rotatable bonds is 5. The van der Waals surface area contributed by atoms with Gasteiger partial charge in [0.2, 0.25) is 0 Å². The highest BCUT2D eigenvalue weighted by molar-refractivity contribution is 6.20. The van der Waals surface area contributed by atoms with Gasteiger partial charge in [-0.15, -0.1) is 0 Å². The molecule has 0 N–H and O–H groups in total. The molecule has 0 aliphatic heterocycles. The zero-order valence-corrected chi connectivity index (χ0v) is 28.4. The van der Waals surface area contributed by atoms with Crippen molar-refractivity contribution < 1.29 is 0 Å². The molecule has 0 aliphatic rings. The molecule has 2 heteroatoms. The van der Waals surface area contributed by atoms with Crippen LogP contribution in [0, 0.1) is 0 Å². The van der Waals surface area contributed by atoms with Gasteiger partial charge in [-0.3, -0.25) is 0 Å². The van der Waals surface area contributed by atoms with E-state index >= 15 is 0 Å². The zero-order valence-electron chi connectivity index (χ0n) is 28.4. The summed E-state index contributed by atoms with van der Waals surface area (Å²) < 4.78 is 0. The number of nitrogens with zero attached hydrogens (tertiary/aromatic N) is 2. The van der Waals surface area contributed by atoms with Crippen molar-refractivity contribution in [2.45, 2.75) is 0 Å². The third kappa shape index (κ3) is 5.21. The molecule has 0 amide bonds. The van der Waals surface area contributed by atoms with E-state index in [9.17, 15) is 0 Å². The van der Waals surface area contributed by atoms with Crippen molar-refractivity contribution in [2.75, 3.05) is 0 Å². The molecule has 242 valence electrons. The first-order valence-corrected chi connectivity index (χ1v) is 17.7. The van der Waals surface area contributed by atoms with Gasteiger partial charge in [0, 0.05) is 16.7 Å². The lowest BCUT2D eigenvalue weighted by atomic mass is 9.89. The molecule has 2 nitrogen and oxygen atoms in total. The second-order valence-electron chi connectivity index (χ2n) is 13.4. The summed E-state index contributed by atoms with van der Waals surface area (Å²) in [4.78, 5) is 10.3. The molecule has 0 saturated carbocycles. The summed E-state index contributed by atoms with van der Waals surface area (Å²) >= 11 is 0. The molecule has 0 atom stereocenters. The Morgan fingerprint density at radius 2 is 0.846 bits per heavy atom. The summed E-state index contributed by atoms with van der Waals surface area (Å²) in [5.41, 5.74) is 9.67. The summed E-state index contributed by atoms with van der Waals surface area (Å²) in [6, 6.07) is 69.3. The first-order chi connectivity index (χ1) is 25.8. The van der Waals surface area contributed by atoms with Crippen molar-refractivity contribution in [1.29, 1.82) is 0 Å². The van der Waals surface area contributed by atoms with E-state index in [1.165, 1.54) is 59.8 Å². The van der Waals surface area contributed by atoms with E-state index < -0.39 is 0 Å². The van der Waals surface area contributed by atoms with Crippen LogP contribution in [0.25, 0.3) is 99.2 Å². The molecule has 0 aliphatic carbocycles. The first-order valence-electron chi connectivity index (χ1n) is 17.7. The van der Waals surface area contributed by atoms with Crippen molar-refractivity contribution in [3.63, 3.8) is 0 Å². The lowest BCUT2D eigenvalue weighted by Crippen LogP contribution is -1.96. The average molecular weight is 661 g/mol. The van der Waals surface area contributed by atoms with Crippen LogP contribution in [-0.4, -0.2) is 9.97 Å². The minimum Gasteiger partial charge on any atom is -0.228 e. The summed E-state index contributed by atoms with van der Waals surface area (Å²) in [5.74, 6) is 0.708. The van der Waals surface area contributed by atoms with E-state index in [4.69, 9.17) is 9.97 Å². The highest BCUT2D eigenvalue weighted by atomic mass is 14.9. The van der Waals surface area contributed by atoms with Gasteiger partial charge < -0.3 is 0 Å². The maximum absolute atomic E-state index is 5.15. The van der Waals surface area contributed by atoms with E-state index in [1.807, 2.05) is 18.2 Å². The smallest absolute Gasteiger partial charge is 0.160 e. The quantitative estimate of drug-likeness (QED) is 0.136. The second-order valence-corrected chi connectivity index (χ2v) is 13.4. The first kappa shape index (κ1) is 30.0. The van der Waals surface area contributed by atoms with Crippen molar-refractivity contribution in [3.05, 3.63) is 194 Å². The molecule has 0 spiro atoms. The van der Waals surface area contributed by atoms with Gasteiger partial charge in [0.1, 0.15) is 0 Å². The van der Waals surface area contributed by atoms with E-state index in [0.717, 1.165) is 33.6 Å². The van der Waals surface area contributed by atoms with Gasteiger partial charge in [-0.25, -0.2) is 9.97 Å². The fourth-order valence-corrected chi connectivity index (χ4v) is 7.72. The van der Waals surface area contributed by atoms with Crippen LogP contribution >= 0.6 is 0 Å². The Balaban J connectivity index is 1.11. The van der Waals surface area contributed by atoms with Gasteiger partial charge in [0.25, 0.3) is 0 Å². The predicted molar refractivity (Wildman–Crippen MR) is 219 cm³/mol. The molecule has 9 aromatic carbocycles. The number of hydrogen-bond donors (Lipinski definition) is 0. The Kier molecular flexibility index (Phi) is 7.18. The fraction of sp³-hybridized carbons (Fsp3) is 0. The Hall–Kier alpha value is -6.90. The summed E-state index contributed by atoms with van der Waals surface area (Å²) in [6.07, 6.45) is 0. The highest BCUT2D eigenvalue weighted by Gasteiger charge is 2.15. The van der Waals surface area contributed by atoms with Gasteiger partial charge in [0.15, 0.2) is 5.82 Å². The minimum atomic E-state index is 0.708. The summed E-state index contributed by atoms with van der Waals surface area (Å²) in [7, 11) is 0. The van der Waals surface area contributed by atoms with Crippen molar-refractivity contribution >= 4 is 43.1 Å². The molecule has 10 aromatic rings. The third-order valence-corrected chi connectivity index (χ3v) is 10.3. The van der Waals surface area contributed by atoms with Crippen LogP contribution in [0.2, 0.25) is 0 Å². The van der Waals surface area contributed by atoms with Crippen LogP contribution in [0.4, 0.5) is 0 Å². The van der Waals surface area contributed by atoms with Crippen molar-refractivity contribution in [1.82, 2.24) is 9.97 Å². The molecule has 0 fully saturated rings. The molecular formula is C50H32N2. The number of aromatic nitrogens is 2. The standard InChI is InChI=1S/C50H32N2/c1-2-14-37(15-3-1)50-51-47(32-48(52-50)40-19-10-18-38(30-40)43-23-11-17-33-12-4-7-20-41(33)43)35-24-26-36(27-25-35)49-44-22-9-6-16-39(44)31-46-42-21-8-5-13-34(42)28-29-45(46)49/h1-32H. The van der Waals surface area contributed by atoms with Crippen LogP contribution in [0.3, 0.4) is 0 Å². The van der Waals surface area contributed by atoms with E-state index in [0.29, 0.717) is 5.82 Å². The third-order valence-electron chi connectivity index (χ3n) is 10.3. The van der Waals surface area contributed by atoms with Crippen molar-refractivity contribution in [3.8, 4) is 56.2 Å². The van der Waals surface area contributed by atoms with Gasteiger partial charge in [-0.2, -0.15) is 0 Å². The monoisotopic (exact) mass is 660 g/mol. The Bertz CT molecular complexity index is 2940. The van der Waals surface area contributed by atoms with Gasteiger partial charge >= 0.3 is 0 Å². The topological polar surface area (TPSA) is 25.8 Å². The van der Waals surface area contributed by atoms with Crippen LogP contribution in [0.1, 0.15) is 0 Å². The van der Waals surface area contributed by atoms with E-state index in [1.54, 1.807) is 0 Å². The molecule has 1 heterocycles. The molecule has 0 bridgehead atoms. The van der Waals surface area contributed by atoms with Crippen molar-refractivity contribution in [2.24, 2.45) is 0 Å². The maximum atomic E-state index is 5.15. The predicted octanol–water partition coefficient (Wildman–Crippen LogP) is 13.4. The summed E-state index contributed by atoms with van der Waals surface area (Å²) in [5, 5.41) is 10.0. The Morgan fingerprint density at radius 1 is 0.269 bits per heavy atom. The fourth-order valence-electron chi connectivity index (χ4n) is 7.72. The van der Waals surface area contributed by atoms with E-state index in [2.05, 4.69) is 176 Å². The number of fused-ring (bicyclic) bond motifs is 5. The molecule has 52 heavy (non-hydrogen) atoms. The normalized spacial score (nSPS) is 11.5. The van der Waals surface area contributed by atoms with Gasteiger partial charge in [0.05, 0.1) is 11.4 Å². The lowest BCUT2D eigenvalue weighted by Gasteiger charge is -2.15. The molecule has 10 rings (SSSR count). The number of hydrogen-bond acceptors (Lipinski definition) is 2. The molecule has 0 unspecified atom stereocenters. The van der Waals surface area contributed by atoms with Gasteiger partial charge in [-0.05, 0) is 83.5 Å². The van der Waals surface area contributed by atoms with Crippen LogP contribution in [0.5, 0.6) is 0 Å².